The van der Waals surface area contributed by atoms with Crippen LogP contribution >= 0.6 is 11.6 Å². The Kier molecular flexibility index (Phi) is 7.52. The van der Waals surface area contributed by atoms with E-state index in [4.69, 9.17) is 16.3 Å². The largest absolute Gasteiger partial charge is 0.495 e. The van der Waals surface area contributed by atoms with Crippen LogP contribution in [0, 0.1) is 0 Å². The predicted octanol–water partition coefficient (Wildman–Crippen LogP) is 1.20. The highest BCUT2D eigenvalue weighted by atomic mass is 35.5. The highest BCUT2D eigenvalue weighted by molar-refractivity contribution is 6.31. The molecule has 2 rings (SSSR count). The Hall–Kier alpha value is -1.79. The number of nitrogens with one attached hydrogen (secondary N) is 2. The van der Waals surface area contributed by atoms with Gasteiger partial charge in [0.15, 0.2) is 13.1 Å². The number of halogens is 1. The van der Waals surface area contributed by atoms with Crippen molar-refractivity contribution in [2.75, 3.05) is 45.7 Å². The number of nitrogens with zero attached hydrogens (tertiary/aromatic N) is 1. The summed E-state index contributed by atoms with van der Waals surface area (Å²) in [7, 11) is 3.39. The topological polar surface area (TPSA) is 63.1 Å². The summed E-state index contributed by atoms with van der Waals surface area (Å²) < 4.78 is 5.22. The van der Waals surface area contributed by atoms with Crippen molar-refractivity contribution in [2.45, 2.75) is 25.7 Å². The summed E-state index contributed by atoms with van der Waals surface area (Å²) in [5.74, 6) is 0.491. The van der Waals surface area contributed by atoms with Crippen LogP contribution in [-0.4, -0.2) is 57.1 Å². The van der Waals surface area contributed by atoms with Crippen LogP contribution in [0.15, 0.2) is 18.2 Å². The standard InChI is InChI=1S/C18H26ClN3O3/c1-21(13-18(24)22-9-5-3-4-6-10-22)12-17(23)20-15-11-14(19)7-8-16(15)25-2/h7-8,11H,3-6,9-10,12-13H2,1-2H3,(H,20,23)/p+1. The van der Waals surface area contributed by atoms with Crippen molar-refractivity contribution >= 4 is 29.1 Å². The van der Waals surface area contributed by atoms with Crippen molar-refractivity contribution < 1.29 is 19.2 Å². The second-order valence-electron chi connectivity index (χ2n) is 6.50. The zero-order chi connectivity index (χ0) is 18.2. The minimum Gasteiger partial charge on any atom is -0.495 e. The van der Waals surface area contributed by atoms with E-state index >= 15 is 0 Å². The number of ether oxygens (including phenoxy) is 1. The van der Waals surface area contributed by atoms with Crippen LogP contribution in [0.5, 0.6) is 5.75 Å². The van der Waals surface area contributed by atoms with Gasteiger partial charge in [0, 0.05) is 18.1 Å². The first-order chi connectivity index (χ1) is 12.0. The SMILES string of the molecule is COc1ccc(Cl)cc1NC(=O)C[NH+](C)CC(=O)N1CCCCCC1. The van der Waals surface area contributed by atoms with Crippen LogP contribution < -0.4 is 15.0 Å². The van der Waals surface area contributed by atoms with Gasteiger partial charge in [-0.2, -0.15) is 0 Å². The lowest BCUT2D eigenvalue weighted by Gasteiger charge is -2.22. The maximum atomic E-state index is 12.4. The number of likely N-dealkylation sites (N-methyl/N-ethyl adjacent to an activating group) is 1. The van der Waals surface area contributed by atoms with E-state index in [2.05, 4.69) is 5.32 Å². The van der Waals surface area contributed by atoms with E-state index in [-0.39, 0.29) is 18.4 Å². The van der Waals surface area contributed by atoms with Crippen molar-refractivity contribution in [3.05, 3.63) is 23.2 Å². The quantitative estimate of drug-likeness (QED) is 0.793. The van der Waals surface area contributed by atoms with Gasteiger partial charge in [0.1, 0.15) is 5.75 Å². The number of carbonyl (C=O) groups is 2. The van der Waals surface area contributed by atoms with Gasteiger partial charge in [-0.15, -0.1) is 0 Å². The first-order valence-corrected chi connectivity index (χ1v) is 9.10. The van der Waals surface area contributed by atoms with Crippen LogP contribution in [0.25, 0.3) is 0 Å². The summed E-state index contributed by atoms with van der Waals surface area (Å²) in [6.07, 6.45) is 4.52. The molecule has 1 aliphatic rings. The second kappa shape index (κ2) is 9.63. The van der Waals surface area contributed by atoms with Crippen LogP contribution in [0.1, 0.15) is 25.7 Å². The zero-order valence-corrected chi connectivity index (χ0v) is 15.7. The summed E-state index contributed by atoms with van der Waals surface area (Å²) in [5.41, 5.74) is 0.534. The molecule has 25 heavy (non-hydrogen) atoms. The fourth-order valence-electron chi connectivity index (χ4n) is 3.00. The number of hydrogen-bond donors (Lipinski definition) is 2. The van der Waals surface area contributed by atoms with E-state index < -0.39 is 0 Å². The molecule has 0 spiro atoms. The first kappa shape index (κ1) is 19.5. The highest BCUT2D eigenvalue weighted by Crippen LogP contribution is 2.27. The lowest BCUT2D eigenvalue weighted by atomic mass is 10.2. The number of carbonyl (C=O) groups excluding carboxylic acids is 2. The van der Waals surface area contributed by atoms with Crippen molar-refractivity contribution in [1.82, 2.24) is 4.90 Å². The summed E-state index contributed by atoms with van der Waals surface area (Å²) in [6.45, 7) is 2.19. The molecule has 1 saturated heterocycles. The molecule has 1 aliphatic heterocycles. The van der Waals surface area contributed by atoms with Crippen LogP contribution in [0.4, 0.5) is 5.69 Å². The van der Waals surface area contributed by atoms with Gasteiger partial charge in [0.05, 0.1) is 19.8 Å². The maximum Gasteiger partial charge on any atom is 0.279 e. The number of amides is 2. The number of likely N-dealkylation sites (tertiary alicyclic amines) is 1. The first-order valence-electron chi connectivity index (χ1n) is 8.72. The third-order valence-electron chi connectivity index (χ3n) is 4.31. The molecule has 2 amide bonds. The van der Waals surface area contributed by atoms with Gasteiger partial charge in [-0.05, 0) is 31.0 Å². The van der Waals surface area contributed by atoms with Crippen LogP contribution in [0.2, 0.25) is 5.02 Å². The van der Waals surface area contributed by atoms with Gasteiger partial charge in [-0.3, -0.25) is 9.59 Å². The number of rotatable bonds is 6. The van der Waals surface area contributed by atoms with Crippen molar-refractivity contribution in [2.24, 2.45) is 0 Å². The smallest absolute Gasteiger partial charge is 0.279 e. The lowest BCUT2D eigenvalue weighted by Crippen LogP contribution is -3.11. The summed E-state index contributed by atoms with van der Waals surface area (Å²) in [5, 5.41) is 3.32. The summed E-state index contributed by atoms with van der Waals surface area (Å²) >= 11 is 5.97. The molecular formula is C18H27ClN3O3+. The molecule has 0 aliphatic carbocycles. The molecule has 0 saturated carbocycles. The Morgan fingerprint density at radius 2 is 1.88 bits per heavy atom. The number of benzene rings is 1. The number of hydrogen-bond acceptors (Lipinski definition) is 3. The molecule has 0 bridgehead atoms. The minimum absolute atomic E-state index is 0.118. The van der Waals surface area contributed by atoms with E-state index in [0.29, 0.717) is 23.0 Å². The van der Waals surface area contributed by atoms with Gasteiger partial charge >= 0.3 is 0 Å². The van der Waals surface area contributed by atoms with E-state index in [0.717, 1.165) is 30.8 Å². The monoisotopic (exact) mass is 368 g/mol. The molecule has 7 heteroatoms. The maximum absolute atomic E-state index is 12.4. The van der Waals surface area contributed by atoms with E-state index in [1.807, 2.05) is 11.9 Å². The molecule has 1 heterocycles. The average molecular weight is 369 g/mol. The zero-order valence-electron chi connectivity index (χ0n) is 14.9. The Bertz CT molecular complexity index is 601. The van der Waals surface area contributed by atoms with E-state index in [9.17, 15) is 9.59 Å². The van der Waals surface area contributed by atoms with Crippen molar-refractivity contribution in [3.8, 4) is 5.75 Å². The van der Waals surface area contributed by atoms with Gasteiger partial charge in [0.25, 0.3) is 11.8 Å². The third-order valence-corrected chi connectivity index (χ3v) is 4.54. The molecule has 2 N–H and O–H groups in total. The second-order valence-corrected chi connectivity index (χ2v) is 6.93. The Labute approximate surface area is 154 Å². The van der Waals surface area contributed by atoms with E-state index in [1.165, 1.54) is 20.0 Å². The van der Waals surface area contributed by atoms with Crippen LogP contribution in [0.3, 0.4) is 0 Å². The summed E-state index contributed by atoms with van der Waals surface area (Å²) in [6, 6.07) is 5.06. The van der Waals surface area contributed by atoms with Gasteiger partial charge < -0.3 is 19.9 Å². The van der Waals surface area contributed by atoms with E-state index in [1.54, 1.807) is 18.2 Å². The Morgan fingerprint density at radius 1 is 1.20 bits per heavy atom. The summed E-state index contributed by atoms with van der Waals surface area (Å²) in [4.78, 5) is 27.4. The Morgan fingerprint density at radius 3 is 2.52 bits per heavy atom. The molecule has 1 aromatic carbocycles. The van der Waals surface area contributed by atoms with Gasteiger partial charge in [0.2, 0.25) is 0 Å². The fourth-order valence-corrected chi connectivity index (χ4v) is 3.17. The molecular weight excluding hydrogens is 342 g/mol. The molecule has 1 atom stereocenters. The normalized spacial score (nSPS) is 16.0. The van der Waals surface area contributed by atoms with Crippen LogP contribution in [-0.2, 0) is 9.59 Å². The van der Waals surface area contributed by atoms with Gasteiger partial charge in [-0.1, -0.05) is 24.4 Å². The number of methoxy groups -OCH3 is 1. The molecule has 1 aromatic rings. The molecule has 0 radical (unpaired) electrons. The number of anilines is 1. The molecule has 1 fully saturated rings. The molecule has 0 aromatic heterocycles. The molecule has 1 unspecified atom stereocenters. The average Bonchev–Trinajstić information content (AvgIpc) is 2.84. The van der Waals surface area contributed by atoms with Gasteiger partial charge in [-0.25, -0.2) is 0 Å². The molecule has 138 valence electrons. The third kappa shape index (κ3) is 6.21. The minimum atomic E-state index is -0.179. The van der Waals surface area contributed by atoms with Crippen molar-refractivity contribution in [1.29, 1.82) is 0 Å². The number of quaternary nitrogens is 1. The van der Waals surface area contributed by atoms with Crippen molar-refractivity contribution in [3.63, 3.8) is 0 Å². The predicted molar refractivity (Wildman–Crippen MR) is 98.3 cm³/mol. The Balaban J connectivity index is 1.85. The molecule has 6 nitrogen and oxygen atoms in total. The lowest BCUT2D eigenvalue weighted by molar-refractivity contribution is -0.862. The highest BCUT2D eigenvalue weighted by Gasteiger charge is 2.21. The fraction of sp³-hybridized carbons (Fsp3) is 0.556.